The number of hydrogen-bond acceptors (Lipinski definition) is 7. The Morgan fingerprint density at radius 2 is 2.00 bits per heavy atom. The molecule has 1 unspecified atom stereocenters. The molecule has 2 atom stereocenters. The van der Waals surface area contributed by atoms with Gasteiger partial charge in [0.2, 0.25) is 10.0 Å². The average molecular weight is 384 g/mol. The molecule has 10 heteroatoms. The summed E-state index contributed by atoms with van der Waals surface area (Å²) in [7, 11) is -2.63. The number of nitrogens with one attached hydrogen (secondary N) is 1. The zero-order valence-corrected chi connectivity index (χ0v) is 14.8. The first-order valence-corrected chi connectivity index (χ1v) is 9.56. The standard InChI is InChI=1S/C15H16N2O6S2/c1-23-10-2-4-11(5-3-10)25(21,22)17-8-9-6-7-24-14(9)13(18)12(17)15(19)16-20/h2-7,12-13,18,20H,8H2,1H3,(H,16,19)/t12-,13?/m1/s1. The van der Waals surface area contributed by atoms with Crippen molar-refractivity contribution in [1.29, 1.82) is 0 Å². The number of methoxy groups -OCH3 is 1. The maximum Gasteiger partial charge on any atom is 0.264 e. The zero-order chi connectivity index (χ0) is 18.2. The van der Waals surface area contributed by atoms with E-state index in [9.17, 15) is 18.3 Å². The fourth-order valence-corrected chi connectivity index (χ4v) is 5.26. The molecule has 1 aromatic carbocycles. The molecule has 0 saturated heterocycles. The number of nitrogens with zero attached hydrogens (tertiary/aromatic N) is 1. The van der Waals surface area contributed by atoms with Crippen LogP contribution in [0.5, 0.6) is 5.75 Å². The molecular formula is C15H16N2O6S2. The highest BCUT2D eigenvalue weighted by atomic mass is 32.2. The van der Waals surface area contributed by atoms with Crippen LogP contribution in [0.15, 0.2) is 40.6 Å². The summed E-state index contributed by atoms with van der Waals surface area (Å²) in [6.07, 6.45) is -1.37. The number of hydrogen-bond donors (Lipinski definition) is 3. The van der Waals surface area contributed by atoms with E-state index in [1.54, 1.807) is 11.4 Å². The van der Waals surface area contributed by atoms with Gasteiger partial charge in [-0.1, -0.05) is 0 Å². The van der Waals surface area contributed by atoms with Gasteiger partial charge in [0.15, 0.2) is 0 Å². The number of aliphatic hydroxyl groups is 1. The van der Waals surface area contributed by atoms with E-state index in [4.69, 9.17) is 9.94 Å². The molecule has 1 aliphatic rings. The van der Waals surface area contributed by atoms with E-state index in [0.717, 1.165) is 4.31 Å². The van der Waals surface area contributed by atoms with Crippen molar-refractivity contribution in [2.24, 2.45) is 0 Å². The number of amides is 1. The molecule has 25 heavy (non-hydrogen) atoms. The minimum atomic E-state index is -4.09. The molecule has 1 aromatic heterocycles. The number of benzene rings is 1. The average Bonchev–Trinajstić information content (AvgIpc) is 3.10. The van der Waals surface area contributed by atoms with Gasteiger partial charge in [-0.3, -0.25) is 10.0 Å². The Labute approximate surface area is 148 Å². The van der Waals surface area contributed by atoms with Crippen molar-refractivity contribution < 1.29 is 28.3 Å². The number of carbonyl (C=O) groups is 1. The highest BCUT2D eigenvalue weighted by Crippen LogP contribution is 2.38. The van der Waals surface area contributed by atoms with E-state index in [1.807, 2.05) is 0 Å². The fourth-order valence-electron chi connectivity index (χ4n) is 2.76. The third kappa shape index (κ3) is 3.02. The Hall–Kier alpha value is -1.98. The molecule has 0 fully saturated rings. The topological polar surface area (TPSA) is 116 Å². The monoisotopic (exact) mass is 384 g/mol. The number of rotatable bonds is 4. The number of aliphatic hydroxyl groups excluding tert-OH is 1. The van der Waals surface area contributed by atoms with Crippen LogP contribution in [-0.2, 0) is 21.4 Å². The van der Waals surface area contributed by atoms with Crippen LogP contribution in [0, 0.1) is 0 Å². The number of ether oxygens (including phenoxy) is 1. The lowest BCUT2D eigenvalue weighted by atomic mass is 10.0. The number of fused-ring (bicyclic) bond motifs is 1. The van der Waals surface area contributed by atoms with E-state index < -0.39 is 28.1 Å². The van der Waals surface area contributed by atoms with Crippen LogP contribution in [0.25, 0.3) is 0 Å². The molecule has 0 aliphatic carbocycles. The molecule has 2 aromatic rings. The Morgan fingerprint density at radius 3 is 2.60 bits per heavy atom. The molecule has 0 saturated carbocycles. The third-order valence-electron chi connectivity index (χ3n) is 4.03. The number of sulfonamides is 1. The van der Waals surface area contributed by atoms with E-state index in [-0.39, 0.29) is 11.4 Å². The van der Waals surface area contributed by atoms with Gasteiger partial charge in [0, 0.05) is 11.4 Å². The van der Waals surface area contributed by atoms with Crippen LogP contribution in [-0.4, -0.2) is 42.1 Å². The molecule has 3 rings (SSSR count). The summed E-state index contributed by atoms with van der Waals surface area (Å²) in [5.41, 5.74) is 2.06. The number of carbonyl (C=O) groups excluding carboxylic acids is 1. The summed E-state index contributed by atoms with van der Waals surface area (Å²) in [6.45, 7) is -0.0810. The predicted octanol–water partition coefficient (Wildman–Crippen LogP) is 0.869. The highest BCUT2D eigenvalue weighted by Gasteiger charge is 2.45. The first-order chi connectivity index (χ1) is 11.9. The normalized spacial score (nSPS) is 20.8. The van der Waals surface area contributed by atoms with Gasteiger partial charge in [-0.15, -0.1) is 11.3 Å². The van der Waals surface area contributed by atoms with Crippen LogP contribution >= 0.6 is 11.3 Å². The first kappa shape index (κ1) is 17.8. The molecule has 1 amide bonds. The second-order valence-corrected chi connectivity index (χ2v) is 8.24. The molecular weight excluding hydrogens is 368 g/mol. The van der Waals surface area contributed by atoms with Crippen molar-refractivity contribution in [3.05, 3.63) is 46.2 Å². The second kappa shape index (κ2) is 6.73. The lowest BCUT2D eigenvalue weighted by Gasteiger charge is -2.36. The van der Waals surface area contributed by atoms with Crippen molar-refractivity contribution in [3.63, 3.8) is 0 Å². The SMILES string of the molecule is COc1ccc(S(=O)(=O)N2Cc3ccsc3C(O)[C@@H]2C(=O)NO)cc1. The summed E-state index contributed by atoms with van der Waals surface area (Å²) in [5, 5.41) is 21.2. The van der Waals surface area contributed by atoms with E-state index >= 15 is 0 Å². The van der Waals surface area contributed by atoms with Gasteiger partial charge in [0.1, 0.15) is 17.9 Å². The van der Waals surface area contributed by atoms with Crippen molar-refractivity contribution in [3.8, 4) is 5.75 Å². The first-order valence-electron chi connectivity index (χ1n) is 7.24. The van der Waals surface area contributed by atoms with E-state index in [2.05, 4.69) is 0 Å². The molecule has 2 heterocycles. The maximum atomic E-state index is 13.0. The summed E-state index contributed by atoms with van der Waals surface area (Å²) in [5.74, 6) is -0.508. The second-order valence-electron chi connectivity index (χ2n) is 5.40. The Balaban J connectivity index is 2.06. The molecule has 0 radical (unpaired) electrons. The number of hydroxylamine groups is 1. The minimum Gasteiger partial charge on any atom is -0.497 e. The van der Waals surface area contributed by atoms with Gasteiger partial charge >= 0.3 is 0 Å². The van der Waals surface area contributed by atoms with Gasteiger partial charge in [0.05, 0.1) is 12.0 Å². The quantitative estimate of drug-likeness (QED) is 0.532. The van der Waals surface area contributed by atoms with Crippen molar-refractivity contribution in [2.45, 2.75) is 23.6 Å². The van der Waals surface area contributed by atoms with Crippen molar-refractivity contribution >= 4 is 27.3 Å². The Kier molecular flexibility index (Phi) is 4.80. The van der Waals surface area contributed by atoms with Gasteiger partial charge in [-0.2, -0.15) is 4.31 Å². The summed E-state index contributed by atoms with van der Waals surface area (Å²) < 4.78 is 31.9. The van der Waals surface area contributed by atoms with Crippen LogP contribution in [0.1, 0.15) is 16.5 Å². The summed E-state index contributed by atoms with van der Waals surface area (Å²) >= 11 is 1.23. The van der Waals surface area contributed by atoms with Crippen LogP contribution in [0.4, 0.5) is 0 Å². The molecule has 134 valence electrons. The summed E-state index contributed by atoms with van der Waals surface area (Å²) in [4.78, 5) is 12.5. The molecule has 0 spiro atoms. The predicted molar refractivity (Wildman–Crippen MR) is 88.7 cm³/mol. The van der Waals surface area contributed by atoms with E-state index in [0.29, 0.717) is 16.2 Å². The van der Waals surface area contributed by atoms with Crippen molar-refractivity contribution in [2.75, 3.05) is 7.11 Å². The van der Waals surface area contributed by atoms with Crippen LogP contribution < -0.4 is 10.2 Å². The molecule has 1 aliphatic heterocycles. The maximum absolute atomic E-state index is 13.0. The third-order valence-corrected chi connectivity index (χ3v) is 6.90. The van der Waals surface area contributed by atoms with E-state index in [1.165, 1.54) is 48.2 Å². The molecule has 3 N–H and O–H groups in total. The zero-order valence-electron chi connectivity index (χ0n) is 13.1. The molecule has 0 bridgehead atoms. The van der Waals surface area contributed by atoms with Gasteiger partial charge in [-0.05, 0) is 41.3 Å². The lowest BCUT2D eigenvalue weighted by Crippen LogP contribution is -2.53. The molecule has 8 nitrogen and oxygen atoms in total. The summed E-state index contributed by atoms with van der Waals surface area (Å²) in [6, 6.07) is 5.93. The van der Waals surface area contributed by atoms with Gasteiger partial charge in [0.25, 0.3) is 5.91 Å². The van der Waals surface area contributed by atoms with Gasteiger partial charge < -0.3 is 9.84 Å². The fraction of sp³-hybridized carbons (Fsp3) is 0.267. The Bertz CT molecular complexity index is 878. The minimum absolute atomic E-state index is 0.0464. The van der Waals surface area contributed by atoms with Crippen LogP contribution in [0.3, 0.4) is 0 Å². The van der Waals surface area contributed by atoms with Gasteiger partial charge in [-0.25, -0.2) is 13.9 Å². The smallest absolute Gasteiger partial charge is 0.264 e. The highest BCUT2D eigenvalue weighted by molar-refractivity contribution is 7.89. The number of thiophene rings is 1. The largest absolute Gasteiger partial charge is 0.497 e. The van der Waals surface area contributed by atoms with Crippen LogP contribution in [0.2, 0.25) is 0 Å². The lowest BCUT2D eigenvalue weighted by molar-refractivity contribution is -0.137. The Morgan fingerprint density at radius 1 is 1.32 bits per heavy atom. The van der Waals surface area contributed by atoms with Crippen molar-refractivity contribution in [1.82, 2.24) is 9.79 Å².